The minimum Gasteiger partial charge on any atom is -0.505 e. The number of carbonyl (C=O) groups excluding carboxylic acids is 1. The van der Waals surface area contributed by atoms with Gasteiger partial charge in [-0.25, -0.2) is 8.78 Å². The third-order valence-corrected chi connectivity index (χ3v) is 4.48. The molecule has 0 spiro atoms. The first kappa shape index (κ1) is 16.1. The topological polar surface area (TPSA) is 71.3 Å². The van der Waals surface area contributed by atoms with Gasteiger partial charge in [0.25, 0.3) is 11.5 Å². The Labute approximate surface area is 138 Å². The SMILES string of the molecule is CCn1c(=O)c(C(=O)Nc2ccc(F)cc2F)c(O)c2sccc21. The number of halogens is 2. The number of thiophene rings is 1. The maximum absolute atomic E-state index is 13.7. The lowest BCUT2D eigenvalue weighted by Crippen LogP contribution is -2.29. The average molecular weight is 350 g/mol. The summed E-state index contributed by atoms with van der Waals surface area (Å²) < 4.78 is 28.3. The van der Waals surface area contributed by atoms with E-state index in [0.29, 0.717) is 22.8 Å². The summed E-state index contributed by atoms with van der Waals surface area (Å²) in [6, 6.07) is 4.31. The fourth-order valence-corrected chi connectivity index (χ4v) is 3.29. The molecule has 8 heteroatoms. The largest absolute Gasteiger partial charge is 0.505 e. The van der Waals surface area contributed by atoms with E-state index < -0.39 is 34.4 Å². The number of fused-ring (bicyclic) bond motifs is 1. The van der Waals surface area contributed by atoms with Crippen molar-refractivity contribution >= 4 is 33.1 Å². The monoisotopic (exact) mass is 350 g/mol. The molecule has 1 amide bonds. The molecule has 124 valence electrons. The fraction of sp³-hybridized carbons (Fsp3) is 0.125. The van der Waals surface area contributed by atoms with Crippen LogP contribution in [0.2, 0.25) is 0 Å². The van der Waals surface area contributed by atoms with Crippen molar-refractivity contribution in [1.29, 1.82) is 0 Å². The third kappa shape index (κ3) is 2.54. The molecule has 0 unspecified atom stereocenters. The van der Waals surface area contributed by atoms with E-state index >= 15 is 0 Å². The predicted molar refractivity (Wildman–Crippen MR) is 87.7 cm³/mol. The van der Waals surface area contributed by atoms with E-state index in [9.17, 15) is 23.5 Å². The Bertz CT molecular complexity index is 1010. The molecule has 3 aromatic rings. The molecule has 0 aliphatic heterocycles. The first-order valence-electron chi connectivity index (χ1n) is 7.03. The van der Waals surface area contributed by atoms with E-state index in [2.05, 4.69) is 5.32 Å². The van der Waals surface area contributed by atoms with Gasteiger partial charge in [-0.1, -0.05) is 0 Å². The number of aromatic hydroxyl groups is 1. The van der Waals surface area contributed by atoms with E-state index in [1.807, 2.05) is 0 Å². The number of aryl methyl sites for hydroxylation is 1. The summed E-state index contributed by atoms with van der Waals surface area (Å²) >= 11 is 1.18. The number of nitrogens with zero attached hydrogens (tertiary/aromatic N) is 1. The highest BCUT2D eigenvalue weighted by atomic mass is 32.1. The maximum atomic E-state index is 13.7. The summed E-state index contributed by atoms with van der Waals surface area (Å²) in [5.41, 5.74) is -0.916. The van der Waals surface area contributed by atoms with E-state index in [0.717, 1.165) is 12.1 Å². The highest BCUT2D eigenvalue weighted by Crippen LogP contribution is 2.31. The zero-order valence-electron chi connectivity index (χ0n) is 12.5. The summed E-state index contributed by atoms with van der Waals surface area (Å²) in [6.45, 7) is 2.04. The number of hydrogen-bond donors (Lipinski definition) is 2. The molecule has 2 heterocycles. The van der Waals surface area contributed by atoms with Crippen molar-refractivity contribution in [2.24, 2.45) is 0 Å². The average Bonchev–Trinajstić information content (AvgIpc) is 3.00. The van der Waals surface area contributed by atoms with Gasteiger partial charge in [-0.3, -0.25) is 9.59 Å². The van der Waals surface area contributed by atoms with Crippen molar-refractivity contribution in [2.75, 3.05) is 5.32 Å². The molecule has 0 aliphatic rings. The second-order valence-corrected chi connectivity index (χ2v) is 5.90. The summed E-state index contributed by atoms with van der Waals surface area (Å²) in [4.78, 5) is 24.9. The van der Waals surface area contributed by atoms with Gasteiger partial charge in [0, 0.05) is 12.6 Å². The minimum absolute atomic E-state index is 0.283. The van der Waals surface area contributed by atoms with Crippen molar-refractivity contribution < 1.29 is 18.7 Å². The lowest BCUT2D eigenvalue weighted by Gasteiger charge is -2.11. The molecule has 0 saturated carbocycles. The molecular formula is C16H12F2N2O3S. The van der Waals surface area contributed by atoms with Crippen LogP contribution < -0.4 is 10.9 Å². The van der Waals surface area contributed by atoms with Crippen LogP contribution in [-0.4, -0.2) is 15.6 Å². The minimum atomic E-state index is -0.976. The van der Waals surface area contributed by atoms with Crippen LogP contribution in [0.1, 0.15) is 17.3 Å². The standard InChI is InChI=1S/C16H12F2N2O3S/c1-2-20-11-5-6-24-14(11)13(21)12(16(20)23)15(22)19-10-4-3-8(17)7-9(10)18/h3-7,21H,2H2,1H3,(H,19,22). The van der Waals surface area contributed by atoms with Crippen molar-refractivity contribution in [3.8, 4) is 5.75 Å². The Hall–Kier alpha value is -2.74. The zero-order valence-corrected chi connectivity index (χ0v) is 13.3. The first-order chi connectivity index (χ1) is 11.4. The zero-order chi connectivity index (χ0) is 17.4. The van der Waals surface area contributed by atoms with Crippen LogP contribution >= 0.6 is 11.3 Å². The number of benzene rings is 1. The van der Waals surface area contributed by atoms with Crippen LogP contribution in [-0.2, 0) is 6.54 Å². The number of hydrogen-bond acceptors (Lipinski definition) is 4. The Morgan fingerprint density at radius 1 is 1.33 bits per heavy atom. The highest BCUT2D eigenvalue weighted by Gasteiger charge is 2.23. The van der Waals surface area contributed by atoms with E-state index in [-0.39, 0.29) is 5.69 Å². The molecule has 5 nitrogen and oxygen atoms in total. The number of aromatic nitrogens is 1. The maximum Gasteiger partial charge on any atom is 0.267 e. The smallest absolute Gasteiger partial charge is 0.267 e. The molecular weight excluding hydrogens is 338 g/mol. The normalized spacial score (nSPS) is 11.0. The molecule has 0 bridgehead atoms. The fourth-order valence-electron chi connectivity index (χ4n) is 2.45. The van der Waals surface area contributed by atoms with Crippen molar-refractivity contribution in [3.63, 3.8) is 0 Å². The highest BCUT2D eigenvalue weighted by molar-refractivity contribution is 7.17. The number of pyridine rings is 1. The van der Waals surface area contributed by atoms with Crippen molar-refractivity contribution in [2.45, 2.75) is 13.5 Å². The molecule has 2 N–H and O–H groups in total. The van der Waals surface area contributed by atoms with Gasteiger partial charge < -0.3 is 15.0 Å². The van der Waals surface area contributed by atoms with E-state index in [4.69, 9.17) is 0 Å². The van der Waals surface area contributed by atoms with Crippen LogP contribution in [0.15, 0.2) is 34.4 Å². The lowest BCUT2D eigenvalue weighted by molar-refractivity contribution is 0.102. The Morgan fingerprint density at radius 2 is 2.08 bits per heavy atom. The summed E-state index contributed by atoms with van der Waals surface area (Å²) in [7, 11) is 0. The predicted octanol–water partition coefficient (Wildman–Crippen LogP) is 3.32. The molecule has 3 rings (SSSR count). The van der Waals surface area contributed by atoms with Gasteiger partial charge in [-0.05, 0) is 30.5 Å². The first-order valence-corrected chi connectivity index (χ1v) is 7.91. The second kappa shape index (κ2) is 6.04. The van der Waals surface area contributed by atoms with Crippen LogP contribution in [0.25, 0.3) is 10.2 Å². The molecule has 0 fully saturated rings. The van der Waals surface area contributed by atoms with Crippen molar-refractivity contribution in [3.05, 3.63) is 57.2 Å². The van der Waals surface area contributed by atoms with Gasteiger partial charge in [0.15, 0.2) is 5.75 Å². The van der Waals surface area contributed by atoms with Crippen LogP contribution in [0.3, 0.4) is 0 Å². The lowest BCUT2D eigenvalue weighted by atomic mass is 10.2. The number of carbonyl (C=O) groups is 1. The quantitative estimate of drug-likeness (QED) is 0.761. The summed E-state index contributed by atoms with van der Waals surface area (Å²) in [5.74, 6) is -3.17. The number of anilines is 1. The molecule has 0 radical (unpaired) electrons. The van der Waals surface area contributed by atoms with Crippen LogP contribution in [0.4, 0.5) is 14.5 Å². The number of amides is 1. The van der Waals surface area contributed by atoms with Gasteiger partial charge in [-0.15, -0.1) is 11.3 Å². The molecule has 1 aromatic carbocycles. The molecule has 2 aromatic heterocycles. The van der Waals surface area contributed by atoms with E-state index in [1.54, 1.807) is 18.4 Å². The number of nitrogens with one attached hydrogen (secondary N) is 1. The van der Waals surface area contributed by atoms with Gasteiger partial charge in [0.1, 0.15) is 17.2 Å². The third-order valence-electron chi connectivity index (χ3n) is 3.57. The molecule has 0 atom stereocenters. The molecule has 0 aliphatic carbocycles. The van der Waals surface area contributed by atoms with Gasteiger partial charge in [-0.2, -0.15) is 0 Å². The Morgan fingerprint density at radius 3 is 2.75 bits per heavy atom. The summed E-state index contributed by atoms with van der Waals surface area (Å²) in [6.07, 6.45) is 0. The van der Waals surface area contributed by atoms with Crippen LogP contribution in [0.5, 0.6) is 5.75 Å². The van der Waals surface area contributed by atoms with Gasteiger partial charge in [0.05, 0.1) is 15.9 Å². The summed E-state index contributed by atoms with van der Waals surface area (Å²) in [5, 5.41) is 14.2. The second-order valence-electron chi connectivity index (χ2n) is 4.99. The Kier molecular flexibility index (Phi) is 4.06. The van der Waals surface area contributed by atoms with Crippen LogP contribution in [0, 0.1) is 11.6 Å². The van der Waals surface area contributed by atoms with Crippen molar-refractivity contribution in [1.82, 2.24) is 4.57 Å². The molecule has 24 heavy (non-hydrogen) atoms. The Balaban J connectivity index is 2.11. The van der Waals surface area contributed by atoms with Gasteiger partial charge in [0.2, 0.25) is 0 Å². The number of rotatable bonds is 3. The molecule has 0 saturated heterocycles. The van der Waals surface area contributed by atoms with Gasteiger partial charge >= 0.3 is 0 Å². The van der Waals surface area contributed by atoms with E-state index in [1.165, 1.54) is 15.9 Å².